The van der Waals surface area contributed by atoms with Crippen LogP contribution in [0.2, 0.25) is 0 Å². The smallest absolute Gasteiger partial charge is 0.312 e. The predicted octanol–water partition coefficient (Wildman–Crippen LogP) is 14.9. The number of allylic oxidation sites excluding steroid dienone is 5. The molecular formula is C64H94Br2O9. The molecule has 418 valence electrons. The summed E-state index contributed by atoms with van der Waals surface area (Å²) < 4.78 is 28.3. The van der Waals surface area contributed by atoms with Crippen LogP contribution in [0, 0.1) is 100 Å². The van der Waals surface area contributed by atoms with Gasteiger partial charge in [0.2, 0.25) is 4.51 Å². The van der Waals surface area contributed by atoms with Crippen LogP contribution < -0.4 is 0 Å². The normalized spacial score (nSPS) is 48.8. The van der Waals surface area contributed by atoms with E-state index < -0.39 is 31.6 Å². The van der Waals surface area contributed by atoms with E-state index in [0.29, 0.717) is 4.48 Å². The molecule has 1 saturated heterocycles. The fourth-order valence-corrected chi connectivity index (χ4v) is 23.0. The number of fused-ring (bicyclic) bond motifs is 16. The van der Waals surface area contributed by atoms with E-state index in [1.165, 1.54) is 40.2 Å². The van der Waals surface area contributed by atoms with E-state index in [4.69, 9.17) is 17.0 Å². The van der Waals surface area contributed by atoms with Gasteiger partial charge in [0.15, 0.2) is 23.1 Å². The van der Waals surface area contributed by atoms with Gasteiger partial charge in [0.05, 0.1) is 29.5 Å². The van der Waals surface area contributed by atoms with Crippen LogP contribution in [0.1, 0.15) is 204 Å². The Morgan fingerprint density at radius 2 is 1.01 bits per heavy atom. The van der Waals surface area contributed by atoms with E-state index in [9.17, 15) is 28.8 Å². The Kier molecular flexibility index (Phi) is 13.0. The van der Waals surface area contributed by atoms with Crippen molar-refractivity contribution in [3.05, 3.63) is 33.9 Å². The summed E-state index contributed by atoms with van der Waals surface area (Å²) in [5.41, 5.74) is -1.28. The van der Waals surface area contributed by atoms with Gasteiger partial charge in [-0.3, -0.25) is 28.8 Å². The van der Waals surface area contributed by atoms with E-state index in [2.05, 4.69) is 135 Å². The van der Waals surface area contributed by atoms with Crippen molar-refractivity contribution >= 4 is 66.9 Å². The van der Waals surface area contributed by atoms with Gasteiger partial charge in [-0.05, 0) is 190 Å². The molecule has 0 radical (unpaired) electrons. The Bertz CT molecular complexity index is 2630. The second kappa shape index (κ2) is 17.4. The molecule has 1 aliphatic heterocycles. The van der Waals surface area contributed by atoms with E-state index >= 15 is 0 Å². The summed E-state index contributed by atoms with van der Waals surface area (Å²) in [6.07, 6.45) is 18.1. The van der Waals surface area contributed by atoms with Crippen molar-refractivity contribution in [1.29, 1.82) is 0 Å². The van der Waals surface area contributed by atoms with Gasteiger partial charge >= 0.3 is 11.9 Å². The van der Waals surface area contributed by atoms with Crippen molar-refractivity contribution in [2.24, 2.45) is 100 Å². The van der Waals surface area contributed by atoms with Gasteiger partial charge in [-0.1, -0.05) is 129 Å². The molecule has 7 saturated carbocycles. The lowest BCUT2D eigenvalue weighted by molar-refractivity contribution is -0.193. The average Bonchev–Trinajstić information content (AvgIpc) is 4.33. The number of hydrogen-bond acceptors (Lipinski definition) is 9. The first kappa shape index (κ1) is 56.1. The molecule has 10 aliphatic carbocycles. The van der Waals surface area contributed by atoms with Crippen LogP contribution in [-0.4, -0.2) is 59.9 Å². The van der Waals surface area contributed by atoms with Crippen LogP contribution in [0.25, 0.3) is 0 Å². The second-order valence-corrected chi connectivity index (χ2v) is 32.1. The summed E-state index contributed by atoms with van der Waals surface area (Å²) >= 11 is 7.29. The average molecular weight is 1170 g/mol. The van der Waals surface area contributed by atoms with Crippen LogP contribution in [0.3, 0.4) is 0 Å². The highest BCUT2D eigenvalue weighted by Crippen LogP contribution is 2.79. The molecule has 0 bridgehead atoms. The van der Waals surface area contributed by atoms with Crippen molar-refractivity contribution in [2.45, 2.75) is 212 Å². The molecule has 11 rings (SSSR count). The molecule has 0 aromatic carbocycles. The number of rotatable bonds is 2. The number of epoxide rings is 1. The van der Waals surface area contributed by atoms with E-state index in [0.717, 1.165) is 89.9 Å². The number of carbonyl (C=O) groups excluding carboxylic acids is 6. The Hall–Kier alpha value is -2.24. The lowest BCUT2D eigenvalue weighted by Crippen LogP contribution is -2.67. The van der Waals surface area contributed by atoms with Crippen molar-refractivity contribution in [3.8, 4) is 0 Å². The van der Waals surface area contributed by atoms with Gasteiger partial charge < -0.3 is 14.2 Å². The molecule has 8 fully saturated rings. The van der Waals surface area contributed by atoms with Crippen LogP contribution in [-0.2, 0) is 43.0 Å². The van der Waals surface area contributed by atoms with Crippen LogP contribution in [0.4, 0.5) is 0 Å². The Morgan fingerprint density at radius 1 is 0.600 bits per heavy atom. The van der Waals surface area contributed by atoms with Gasteiger partial charge in [-0.2, -0.15) is 0 Å². The maximum Gasteiger partial charge on any atom is 0.312 e. The molecular weight excluding hydrogens is 1070 g/mol. The van der Waals surface area contributed by atoms with E-state index in [-0.39, 0.29) is 115 Å². The van der Waals surface area contributed by atoms with Crippen molar-refractivity contribution < 1.29 is 45.7 Å². The third kappa shape index (κ3) is 7.23. The van der Waals surface area contributed by atoms with Gasteiger partial charge in [0.25, 0.3) is 0 Å². The van der Waals surface area contributed by atoms with E-state index in [1.54, 1.807) is 0 Å². The fourth-order valence-electron chi connectivity index (χ4n) is 20.8. The molecule has 0 N–H and O–H groups in total. The molecule has 0 unspecified atom stereocenters. The molecule has 75 heavy (non-hydrogen) atoms. The number of Topliss-reactive ketones (excluding diaryl/α,β-unsaturated/α-hetero) is 2. The quantitative estimate of drug-likeness (QED) is 0.150. The zero-order valence-electron chi connectivity index (χ0n) is 51.1. The minimum absolute atomic E-state index is 0.00763. The number of methoxy groups -OCH3 is 2. The number of hydrogen-bond donors (Lipinski definition) is 0. The first-order chi connectivity index (χ1) is 35.5. The largest absolute Gasteiger partial charge is 0.469 e. The molecule has 16 atom stereocenters. The van der Waals surface area contributed by atoms with Gasteiger partial charge in [0, 0.05) is 36.2 Å². The van der Waals surface area contributed by atoms with Gasteiger partial charge in [-0.25, -0.2) is 0 Å². The first-order valence-electron chi connectivity index (χ1n) is 30.0. The Morgan fingerprint density at radius 3 is 1.47 bits per heavy atom. The minimum Gasteiger partial charge on any atom is -0.469 e. The van der Waals surface area contributed by atoms with E-state index in [1.807, 2.05) is 12.2 Å². The number of alkyl halides is 1. The van der Waals surface area contributed by atoms with Crippen LogP contribution in [0.5, 0.6) is 0 Å². The number of carbonyl (C=O) groups is 6. The summed E-state index contributed by atoms with van der Waals surface area (Å²) in [5, 5.41) is 0. The molecule has 11 heteroatoms. The molecule has 0 amide bonds. The third-order valence-corrected chi connectivity index (χ3v) is 26.9. The summed E-state index contributed by atoms with van der Waals surface area (Å²) in [6, 6.07) is 0. The molecule has 9 nitrogen and oxygen atoms in total. The monoisotopic (exact) mass is 1170 g/mol. The third-order valence-electron chi connectivity index (χ3n) is 25.4. The zero-order valence-corrected chi connectivity index (χ0v) is 52.3. The summed E-state index contributed by atoms with van der Waals surface area (Å²) in [6.45, 7) is 31.3. The highest BCUT2D eigenvalue weighted by Gasteiger charge is 2.82. The van der Waals surface area contributed by atoms with Crippen LogP contribution >= 0.6 is 31.9 Å². The number of halogens is 2. The lowest BCUT2D eigenvalue weighted by Gasteiger charge is -2.69. The summed E-state index contributed by atoms with van der Waals surface area (Å²) in [7, 11) is 5.50. The topological polar surface area (TPSA) is 133 Å². The predicted molar refractivity (Wildman–Crippen MR) is 301 cm³/mol. The molecule has 0 aromatic rings. The zero-order chi connectivity index (χ0) is 57.9. The maximum atomic E-state index is 14.4. The number of ether oxygens (including phenoxy) is 3. The summed E-state index contributed by atoms with van der Waals surface area (Å²) in [4.78, 5) is 82.1. The standard InChI is InChI=1S/C31H43BrO5.C31H43BrO4.2CH4/c1-25(2)11-13-30(24(35)36-8)14-12-28(6)21(17(30)16-25)18(33)15-20-27(28,5)10-9-19-26(3,4)22(34)31(32)23(37-31)29(19,20)7;1-26(2)11-13-31(25(35)36-8)14-12-30(7)23(18(31)16-26)20(33)15-22-28(5)17-19(32)24(34)27(3,4)21(28)9-10-29(22,30)6;;/h15,17,19,21,23H,9-14,16H2,1-8H3;15,17-18,21,23H,9-14,16H2,1-8H3;2*1H4/t17-,19-,21-,23+,27+,28+,29-,30-,31-;18-,21-,23-,28-,29+,30+,31-;;/m00../s1/i;;2*1T. The lowest BCUT2D eigenvalue weighted by atomic mass is 9.34. The van der Waals surface area contributed by atoms with Gasteiger partial charge in [0.1, 0.15) is 6.10 Å². The highest BCUT2D eigenvalue weighted by atomic mass is 79.9. The molecule has 1 heterocycles. The second-order valence-electron chi connectivity index (χ2n) is 30.1. The summed E-state index contributed by atoms with van der Waals surface area (Å²) in [5.74, 6) is 0.239. The first-order valence-corrected chi connectivity index (χ1v) is 29.6. The van der Waals surface area contributed by atoms with Crippen molar-refractivity contribution in [2.75, 3.05) is 14.2 Å². The molecule has 0 spiro atoms. The van der Waals surface area contributed by atoms with Crippen LogP contribution in [0.15, 0.2) is 33.9 Å². The van der Waals surface area contributed by atoms with Crippen molar-refractivity contribution in [3.63, 3.8) is 0 Å². The maximum absolute atomic E-state index is 14.4. The Labute approximate surface area is 470 Å². The minimum atomic E-state index is -0.943. The van der Waals surface area contributed by atoms with Crippen molar-refractivity contribution in [1.82, 2.24) is 0 Å². The SMILES string of the molecule is COC(=O)[C@]12CCC(C)(C)C[C@H]1[C@H]1C(=O)C=C3[C@@]4(C)C=C(Br)C(=O)C(C)(C)[C@@H]4CC[C@@]3(C)[C@]1(C)CC2.COC(=O)[C@]12CCC(C)(C)C[C@H]1[C@H]1C(=O)C=C3[C@@]4(C)[C@H]5O[C@@]5(Br)C(=O)C(C)(C)[C@@H]4CC[C@@]3(C)[C@]1(C)CC2.[3H]C.[3H]C. The highest BCUT2D eigenvalue weighted by molar-refractivity contribution is 9.12. The molecule has 0 aromatic heterocycles. The fraction of sp³-hybridized carbons (Fsp3) is 0.812. The Balaban J connectivity index is 0.000000192. The number of ketones is 4. The number of esters is 2. The molecule has 11 aliphatic rings. The van der Waals surface area contributed by atoms with Gasteiger partial charge in [-0.15, -0.1) is 0 Å².